The first-order chi connectivity index (χ1) is 11.2. The lowest BCUT2D eigenvalue weighted by atomic mass is 10.2. The smallest absolute Gasteiger partial charge is 0.321 e. The van der Waals surface area contributed by atoms with Gasteiger partial charge < -0.3 is 4.74 Å². The van der Waals surface area contributed by atoms with E-state index in [2.05, 4.69) is 4.74 Å². The Labute approximate surface area is 140 Å². The van der Waals surface area contributed by atoms with E-state index in [0.717, 1.165) is 11.4 Å². The summed E-state index contributed by atoms with van der Waals surface area (Å²) in [6, 6.07) is 6.48. The van der Waals surface area contributed by atoms with Crippen LogP contribution < -0.4 is 0 Å². The summed E-state index contributed by atoms with van der Waals surface area (Å²) in [6.45, 7) is -0.612. The number of rotatable bonds is 5. The van der Waals surface area contributed by atoms with Gasteiger partial charge in [-0.3, -0.25) is 4.79 Å². The molecule has 0 spiro atoms. The van der Waals surface area contributed by atoms with E-state index in [1.165, 1.54) is 24.3 Å². The molecule has 8 nitrogen and oxygen atoms in total. The summed E-state index contributed by atoms with van der Waals surface area (Å²) in [5.74, 6) is -1.32. The Bertz CT molecular complexity index is 886. The second kappa shape index (κ2) is 6.88. The van der Waals surface area contributed by atoms with E-state index in [-0.39, 0.29) is 28.4 Å². The van der Waals surface area contributed by atoms with Gasteiger partial charge in [0.1, 0.15) is 12.6 Å². The number of benzene rings is 1. The Morgan fingerprint density at radius 1 is 1.42 bits per heavy atom. The van der Waals surface area contributed by atoms with Crippen molar-refractivity contribution in [1.29, 1.82) is 5.26 Å². The topological polar surface area (TPSA) is 122 Å². The first-order valence-corrected chi connectivity index (χ1v) is 10.3. The first-order valence-electron chi connectivity index (χ1n) is 6.99. The molecule has 1 aromatic rings. The molecule has 1 atom stereocenters. The molecule has 0 aliphatic carbocycles. The minimum Gasteiger partial charge on any atom is -0.468 e. The number of carbonyl (C=O) groups excluding carboxylic acids is 1. The Morgan fingerprint density at radius 2 is 2.08 bits per heavy atom. The van der Waals surface area contributed by atoms with Crippen molar-refractivity contribution in [2.45, 2.75) is 17.4 Å². The van der Waals surface area contributed by atoms with Crippen molar-refractivity contribution in [3.8, 4) is 6.07 Å². The Kier molecular flexibility index (Phi) is 5.27. The Morgan fingerprint density at radius 3 is 2.62 bits per heavy atom. The zero-order valence-corrected chi connectivity index (χ0v) is 14.5. The van der Waals surface area contributed by atoms with Crippen LogP contribution >= 0.6 is 0 Å². The Balaban J connectivity index is 2.50. The minimum absolute atomic E-state index is 0.0757. The third-order valence-electron chi connectivity index (χ3n) is 3.72. The fraction of sp³-hybridized carbons (Fsp3) is 0.429. The minimum atomic E-state index is -4.24. The van der Waals surface area contributed by atoms with Gasteiger partial charge in [-0.05, 0) is 18.6 Å². The number of carbonyl (C=O) groups is 1. The van der Waals surface area contributed by atoms with Crippen LogP contribution in [0.4, 0.5) is 0 Å². The molecule has 0 bridgehead atoms. The predicted molar refractivity (Wildman–Crippen MR) is 84.1 cm³/mol. The summed E-state index contributed by atoms with van der Waals surface area (Å²) in [5, 5.41) is 9.12. The SMILES string of the molecule is COC(=O)CN([C@H]1CCS(=O)(=O)C1)S(=O)(=O)c1ccccc1C#N. The van der Waals surface area contributed by atoms with Crippen molar-refractivity contribution >= 4 is 25.8 Å². The van der Waals surface area contributed by atoms with Crippen molar-refractivity contribution in [3.63, 3.8) is 0 Å². The van der Waals surface area contributed by atoms with Crippen molar-refractivity contribution < 1.29 is 26.4 Å². The monoisotopic (exact) mass is 372 g/mol. The molecule has 1 fully saturated rings. The lowest BCUT2D eigenvalue weighted by Crippen LogP contribution is -2.44. The number of methoxy groups -OCH3 is 1. The van der Waals surface area contributed by atoms with Gasteiger partial charge >= 0.3 is 5.97 Å². The zero-order chi connectivity index (χ0) is 18.0. The van der Waals surface area contributed by atoms with Crippen LogP contribution in [0.5, 0.6) is 0 Å². The van der Waals surface area contributed by atoms with E-state index in [1.54, 1.807) is 6.07 Å². The summed E-state index contributed by atoms with van der Waals surface area (Å²) in [7, 11) is -6.49. The van der Waals surface area contributed by atoms with Gasteiger partial charge in [0.2, 0.25) is 10.0 Å². The van der Waals surface area contributed by atoms with Gasteiger partial charge in [-0.1, -0.05) is 12.1 Å². The second-order valence-electron chi connectivity index (χ2n) is 5.29. The highest BCUT2D eigenvalue weighted by Crippen LogP contribution is 2.26. The Hall–Kier alpha value is -1.96. The molecular formula is C14H16N2O6S2. The van der Waals surface area contributed by atoms with E-state index in [1.807, 2.05) is 0 Å². The molecule has 2 rings (SSSR count). The van der Waals surface area contributed by atoms with Crippen molar-refractivity contribution in [2.75, 3.05) is 25.2 Å². The van der Waals surface area contributed by atoms with Gasteiger partial charge in [-0.15, -0.1) is 0 Å². The molecule has 0 amide bonds. The normalized spacial score (nSPS) is 19.8. The molecule has 1 aliphatic rings. The van der Waals surface area contributed by atoms with Crippen LogP contribution in [0.25, 0.3) is 0 Å². The quantitative estimate of drug-likeness (QED) is 0.662. The van der Waals surface area contributed by atoms with Crippen LogP contribution in [-0.2, 0) is 29.4 Å². The van der Waals surface area contributed by atoms with E-state index >= 15 is 0 Å². The average molecular weight is 372 g/mol. The predicted octanol–water partition coefficient (Wildman–Crippen LogP) is -0.0909. The van der Waals surface area contributed by atoms with Gasteiger partial charge in [0, 0.05) is 6.04 Å². The highest BCUT2D eigenvalue weighted by atomic mass is 32.2. The number of nitriles is 1. The molecule has 0 aromatic heterocycles. The molecule has 1 aromatic carbocycles. The van der Waals surface area contributed by atoms with Crippen molar-refractivity contribution in [3.05, 3.63) is 29.8 Å². The molecule has 1 saturated heterocycles. The summed E-state index contributed by atoms with van der Waals surface area (Å²) in [4.78, 5) is 11.4. The third-order valence-corrected chi connectivity index (χ3v) is 7.43. The van der Waals surface area contributed by atoms with Crippen LogP contribution in [0.2, 0.25) is 0 Å². The molecule has 24 heavy (non-hydrogen) atoms. The lowest BCUT2D eigenvalue weighted by molar-refractivity contribution is -0.141. The number of sulfone groups is 1. The van der Waals surface area contributed by atoms with Crippen LogP contribution in [0.15, 0.2) is 29.2 Å². The number of ether oxygens (including phenoxy) is 1. The summed E-state index contributed by atoms with van der Waals surface area (Å²) in [6.07, 6.45) is 0.0906. The summed E-state index contributed by atoms with van der Waals surface area (Å²) in [5.41, 5.74) is -0.0757. The number of sulfonamides is 1. The first kappa shape index (κ1) is 18.4. The van der Waals surface area contributed by atoms with Crippen LogP contribution in [0.1, 0.15) is 12.0 Å². The molecule has 0 saturated carbocycles. The highest BCUT2D eigenvalue weighted by Gasteiger charge is 2.40. The summed E-state index contributed by atoms with van der Waals surface area (Å²) >= 11 is 0. The van der Waals surface area contributed by atoms with Gasteiger partial charge in [0.25, 0.3) is 0 Å². The standard InChI is InChI=1S/C14H16N2O6S2/c1-22-14(17)9-16(12-6-7-23(18,19)10-12)24(20,21)13-5-3-2-4-11(13)8-15/h2-5,12H,6-7,9-10H2,1H3/t12-/m0/s1. The van der Waals surface area contributed by atoms with E-state index in [0.29, 0.717) is 0 Å². The largest absolute Gasteiger partial charge is 0.468 e. The van der Waals surface area contributed by atoms with Crippen molar-refractivity contribution in [1.82, 2.24) is 4.31 Å². The second-order valence-corrected chi connectivity index (χ2v) is 9.38. The zero-order valence-electron chi connectivity index (χ0n) is 12.9. The van der Waals surface area contributed by atoms with E-state index in [9.17, 15) is 21.6 Å². The van der Waals surface area contributed by atoms with E-state index in [4.69, 9.17) is 5.26 Å². The maximum atomic E-state index is 12.9. The number of hydrogen-bond donors (Lipinski definition) is 0. The van der Waals surface area contributed by atoms with Gasteiger partial charge in [-0.2, -0.15) is 9.57 Å². The molecule has 1 heterocycles. The maximum absolute atomic E-state index is 12.9. The van der Waals surface area contributed by atoms with Crippen molar-refractivity contribution in [2.24, 2.45) is 0 Å². The number of nitrogens with zero attached hydrogens (tertiary/aromatic N) is 2. The lowest BCUT2D eigenvalue weighted by Gasteiger charge is -2.26. The average Bonchev–Trinajstić information content (AvgIpc) is 2.91. The fourth-order valence-electron chi connectivity index (χ4n) is 2.51. The number of esters is 1. The van der Waals surface area contributed by atoms with Gasteiger partial charge in [-0.25, -0.2) is 16.8 Å². The molecule has 0 radical (unpaired) electrons. The van der Waals surface area contributed by atoms with Crippen LogP contribution in [0.3, 0.4) is 0 Å². The summed E-state index contributed by atoms with van der Waals surface area (Å²) < 4.78 is 54.6. The third kappa shape index (κ3) is 3.75. The molecule has 130 valence electrons. The molecule has 1 aliphatic heterocycles. The van der Waals surface area contributed by atoms with Gasteiger partial charge in [0.05, 0.1) is 29.1 Å². The number of hydrogen-bond acceptors (Lipinski definition) is 7. The van der Waals surface area contributed by atoms with Crippen LogP contribution in [-0.4, -0.2) is 58.3 Å². The van der Waals surface area contributed by atoms with Crippen LogP contribution in [0, 0.1) is 11.3 Å². The van der Waals surface area contributed by atoms with E-state index < -0.39 is 38.4 Å². The fourth-order valence-corrected chi connectivity index (χ4v) is 6.08. The molecule has 0 N–H and O–H groups in total. The molecule has 10 heteroatoms. The maximum Gasteiger partial charge on any atom is 0.321 e. The highest BCUT2D eigenvalue weighted by molar-refractivity contribution is 7.92. The molecule has 0 unspecified atom stereocenters. The van der Waals surface area contributed by atoms with Gasteiger partial charge in [0.15, 0.2) is 9.84 Å². The molecular weight excluding hydrogens is 356 g/mol.